The fourth-order valence-electron chi connectivity index (χ4n) is 3.74. The van der Waals surface area contributed by atoms with Crippen molar-refractivity contribution in [3.8, 4) is 0 Å². The van der Waals surface area contributed by atoms with Crippen LogP contribution >= 0.6 is 0 Å². The van der Waals surface area contributed by atoms with Gasteiger partial charge in [0.05, 0.1) is 5.39 Å². The fourth-order valence-corrected chi connectivity index (χ4v) is 3.74. The molecule has 0 radical (unpaired) electrons. The lowest BCUT2D eigenvalue weighted by Gasteiger charge is -2.19. The molecule has 156 valence electrons. The number of nitrogens with two attached hydrogens (primary N) is 1. The predicted octanol–water partition coefficient (Wildman–Crippen LogP) is 1.59. The SMILES string of the molecule is NCc1cccc(CNC2CCN(c3nc4[nH]cc(C(=O)O)c(=O)c4cc3F)C2)c1. The first-order valence-electron chi connectivity index (χ1n) is 9.67. The molecule has 0 bridgehead atoms. The van der Waals surface area contributed by atoms with Crippen molar-refractivity contribution in [2.75, 3.05) is 18.0 Å². The van der Waals surface area contributed by atoms with Crippen LogP contribution in [0.25, 0.3) is 11.0 Å². The van der Waals surface area contributed by atoms with Gasteiger partial charge in [-0.3, -0.25) is 4.79 Å². The van der Waals surface area contributed by atoms with Crippen molar-refractivity contribution in [2.45, 2.75) is 25.6 Å². The molecule has 1 aliphatic heterocycles. The molecular weight excluding hydrogens is 389 g/mol. The number of fused-ring (bicyclic) bond motifs is 1. The van der Waals surface area contributed by atoms with E-state index in [1.54, 1.807) is 0 Å². The predicted molar refractivity (Wildman–Crippen MR) is 111 cm³/mol. The molecule has 8 nitrogen and oxygen atoms in total. The Hall–Kier alpha value is -3.30. The second-order valence-corrected chi connectivity index (χ2v) is 7.36. The number of benzene rings is 1. The number of hydrogen-bond donors (Lipinski definition) is 4. The Labute approximate surface area is 171 Å². The lowest BCUT2D eigenvalue weighted by Crippen LogP contribution is -2.32. The molecule has 0 spiro atoms. The Morgan fingerprint density at radius 2 is 2.17 bits per heavy atom. The molecule has 30 heavy (non-hydrogen) atoms. The minimum absolute atomic E-state index is 0.0789. The first kappa shape index (κ1) is 20.0. The molecule has 0 aliphatic carbocycles. The van der Waals surface area contributed by atoms with Crippen LogP contribution in [0.15, 0.2) is 41.3 Å². The maximum Gasteiger partial charge on any atom is 0.341 e. The summed E-state index contributed by atoms with van der Waals surface area (Å²) in [5, 5.41) is 12.5. The van der Waals surface area contributed by atoms with Crippen LogP contribution in [0.2, 0.25) is 0 Å². The van der Waals surface area contributed by atoms with Gasteiger partial charge in [-0.1, -0.05) is 24.3 Å². The Morgan fingerprint density at radius 1 is 1.37 bits per heavy atom. The van der Waals surface area contributed by atoms with Crippen LogP contribution in [0.5, 0.6) is 0 Å². The molecule has 1 atom stereocenters. The highest BCUT2D eigenvalue weighted by atomic mass is 19.1. The molecule has 9 heteroatoms. The number of nitrogens with one attached hydrogen (secondary N) is 2. The van der Waals surface area contributed by atoms with Crippen molar-refractivity contribution in [2.24, 2.45) is 5.73 Å². The van der Waals surface area contributed by atoms with E-state index in [2.05, 4.69) is 21.4 Å². The van der Waals surface area contributed by atoms with Gasteiger partial charge >= 0.3 is 5.97 Å². The first-order valence-corrected chi connectivity index (χ1v) is 9.67. The lowest BCUT2D eigenvalue weighted by atomic mass is 10.1. The van der Waals surface area contributed by atoms with Gasteiger partial charge in [0.15, 0.2) is 11.6 Å². The normalized spacial score (nSPS) is 16.3. The zero-order valence-electron chi connectivity index (χ0n) is 16.2. The zero-order chi connectivity index (χ0) is 21.3. The van der Waals surface area contributed by atoms with Gasteiger partial charge in [-0.2, -0.15) is 0 Å². The average Bonchev–Trinajstić information content (AvgIpc) is 3.21. The highest BCUT2D eigenvalue weighted by molar-refractivity contribution is 5.91. The van der Waals surface area contributed by atoms with Gasteiger partial charge in [0.2, 0.25) is 5.43 Å². The number of pyridine rings is 2. The summed E-state index contributed by atoms with van der Waals surface area (Å²) in [6, 6.07) is 9.28. The van der Waals surface area contributed by atoms with Gasteiger partial charge in [-0.25, -0.2) is 14.2 Å². The number of hydrogen-bond acceptors (Lipinski definition) is 6. The number of aromatic amines is 1. The van der Waals surface area contributed by atoms with E-state index >= 15 is 0 Å². The second kappa shape index (κ2) is 8.21. The number of anilines is 1. The maximum absolute atomic E-state index is 14.7. The van der Waals surface area contributed by atoms with Crippen LogP contribution in [-0.4, -0.2) is 40.2 Å². The lowest BCUT2D eigenvalue weighted by molar-refractivity contribution is 0.0695. The minimum Gasteiger partial charge on any atom is -0.477 e. The van der Waals surface area contributed by atoms with E-state index in [0.29, 0.717) is 26.2 Å². The molecule has 1 fully saturated rings. The Morgan fingerprint density at radius 3 is 2.93 bits per heavy atom. The number of rotatable bonds is 6. The van der Waals surface area contributed by atoms with Crippen molar-refractivity contribution < 1.29 is 14.3 Å². The summed E-state index contributed by atoms with van der Waals surface area (Å²) in [6.07, 6.45) is 1.91. The van der Waals surface area contributed by atoms with Crippen LogP contribution < -0.4 is 21.4 Å². The number of H-pyrrole nitrogens is 1. The number of carbonyl (C=O) groups is 1. The van der Waals surface area contributed by atoms with E-state index in [1.165, 1.54) is 0 Å². The molecule has 2 aromatic heterocycles. The topological polar surface area (TPSA) is 124 Å². The number of carboxylic acids is 1. The molecule has 1 aliphatic rings. The number of aromatic carboxylic acids is 1. The molecule has 1 saturated heterocycles. The summed E-state index contributed by atoms with van der Waals surface area (Å²) in [5.74, 6) is -1.87. The third kappa shape index (κ3) is 3.89. The third-order valence-electron chi connectivity index (χ3n) is 5.34. The van der Waals surface area contributed by atoms with Gasteiger partial charge in [0.1, 0.15) is 11.2 Å². The number of carboxylic acid groups (broad SMARTS) is 1. The summed E-state index contributed by atoms with van der Waals surface area (Å²) in [4.78, 5) is 32.1. The van der Waals surface area contributed by atoms with Gasteiger partial charge < -0.3 is 26.0 Å². The Kier molecular flexibility index (Phi) is 5.47. The van der Waals surface area contributed by atoms with Crippen molar-refractivity contribution in [1.29, 1.82) is 0 Å². The second-order valence-electron chi connectivity index (χ2n) is 7.36. The van der Waals surface area contributed by atoms with E-state index < -0.39 is 22.8 Å². The van der Waals surface area contributed by atoms with Crippen LogP contribution in [0.4, 0.5) is 10.2 Å². The van der Waals surface area contributed by atoms with Gasteiger partial charge in [0, 0.05) is 38.4 Å². The largest absolute Gasteiger partial charge is 0.477 e. The van der Waals surface area contributed by atoms with Gasteiger partial charge in [-0.05, 0) is 23.6 Å². The van der Waals surface area contributed by atoms with Crippen molar-refractivity contribution in [3.63, 3.8) is 0 Å². The molecular formula is C21H22FN5O3. The third-order valence-corrected chi connectivity index (χ3v) is 5.34. The van der Waals surface area contributed by atoms with E-state index in [0.717, 1.165) is 29.8 Å². The summed E-state index contributed by atoms with van der Waals surface area (Å²) in [7, 11) is 0. The average molecular weight is 411 g/mol. The molecule has 0 saturated carbocycles. The summed E-state index contributed by atoms with van der Waals surface area (Å²) >= 11 is 0. The maximum atomic E-state index is 14.7. The monoisotopic (exact) mass is 411 g/mol. The molecule has 1 aromatic carbocycles. The van der Waals surface area contributed by atoms with Gasteiger partial charge in [-0.15, -0.1) is 0 Å². The van der Waals surface area contributed by atoms with Gasteiger partial charge in [0.25, 0.3) is 0 Å². The van der Waals surface area contributed by atoms with Crippen molar-refractivity contribution in [3.05, 3.63) is 69.3 Å². The van der Waals surface area contributed by atoms with Crippen LogP contribution in [0, 0.1) is 5.82 Å². The first-order chi connectivity index (χ1) is 14.5. The van der Waals surface area contributed by atoms with Crippen LogP contribution in [-0.2, 0) is 13.1 Å². The number of aromatic nitrogens is 2. The van der Waals surface area contributed by atoms with Crippen molar-refractivity contribution >= 4 is 22.8 Å². The van der Waals surface area contributed by atoms with Crippen molar-refractivity contribution in [1.82, 2.24) is 15.3 Å². The standard InChI is InChI=1S/C21H22FN5O3/c22-17-7-15-18(28)16(21(29)30)10-25-19(15)26-20(17)27-5-4-14(11-27)24-9-13-3-1-2-12(6-13)8-23/h1-3,6-7,10,14,24H,4-5,8-9,11,23H2,(H,29,30)(H,25,26,28). The summed E-state index contributed by atoms with van der Waals surface area (Å²) < 4.78 is 14.7. The summed E-state index contributed by atoms with van der Waals surface area (Å²) in [6.45, 7) is 2.37. The fraction of sp³-hybridized carbons (Fsp3) is 0.286. The van der Waals surface area contributed by atoms with Crippen LogP contribution in [0.1, 0.15) is 27.9 Å². The molecule has 0 amide bonds. The quantitative estimate of drug-likeness (QED) is 0.485. The smallest absolute Gasteiger partial charge is 0.341 e. The Balaban J connectivity index is 1.49. The molecule has 1 unspecified atom stereocenters. The minimum atomic E-state index is -1.37. The van der Waals surface area contributed by atoms with E-state index in [9.17, 15) is 14.0 Å². The molecule has 4 rings (SSSR count). The Bertz CT molecular complexity index is 1160. The molecule has 3 heterocycles. The molecule has 5 N–H and O–H groups in total. The number of nitrogens with zero attached hydrogens (tertiary/aromatic N) is 2. The highest BCUT2D eigenvalue weighted by Crippen LogP contribution is 2.24. The summed E-state index contributed by atoms with van der Waals surface area (Å²) in [5.41, 5.74) is 6.86. The number of halogens is 1. The van der Waals surface area contributed by atoms with E-state index in [4.69, 9.17) is 10.8 Å². The zero-order valence-corrected chi connectivity index (χ0v) is 16.2. The van der Waals surface area contributed by atoms with Crippen LogP contribution in [0.3, 0.4) is 0 Å². The highest BCUT2D eigenvalue weighted by Gasteiger charge is 2.26. The van der Waals surface area contributed by atoms with E-state index in [1.807, 2.05) is 23.1 Å². The van der Waals surface area contributed by atoms with E-state index in [-0.39, 0.29) is 22.9 Å². The molecule has 3 aromatic rings.